The molecule has 1 saturated heterocycles. The minimum atomic E-state index is -0.982. The van der Waals surface area contributed by atoms with Gasteiger partial charge in [0.2, 0.25) is 0 Å². The van der Waals surface area contributed by atoms with E-state index in [0.29, 0.717) is 10.5 Å². The summed E-state index contributed by atoms with van der Waals surface area (Å²) in [5, 5.41) is 0. The van der Waals surface area contributed by atoms with E-state index >= 15 is 0 Å². The van der Waals surface area contributed by atoms with Crippen LogP contribution < -0.4 is 0 Å². The number of aryl methyl sites for hydroxylation is 2. The number of ketones is 1. The topological polar surface area (TPSA) is 74.8 Å². The molecule has 4 amide bonds. The second kappa shape index (κ2) is 5.93. The molecule has 0 atom stereocenters. The van der Waals surface area contributed by atoms with Crippen LogP contribution >= 0.6 is 0 Å². The maximum atomic E-state index is 12.3. The van der Waals surface area contributed by atoms with Gasteiger partial charge in [-0.05, 0) is 19.4 Å². The first-order valence-electron chi connectivity index (χ1n) is 6.75. The number of nitrogens with zero attached hydrogens (tertiary/aromatic N) is 2. The molecule has 0 spiro atoms. The smallest absolute Gasteiger partial charge is 0.292 e. The Morgan fingerprint density at radius 1 is 1.14 bits per heavy atom. The average Bonchev–Trinajstić information content (AvgIpc) is 2.65. The van der Waals surface area contributed by atoms with Crippen molar-refractivity contribution in [2.45, 2.75) is 13.8 Å². The summed E-state index contributed by atoms with van der Waals surface area (Å²) in [5.74, 6) is -2.30. The number of carbonyl (C=O) groups excluding carboxylic acids is 4. The van der Waals surface area contributed by atoms with Crippen LogP contribution in [-0.2, 0) is 9.59 Å². The third-order valence-corrected chi connectivity index (χ3v) is 3.43. The first-order valence-corrected chi connectivity index (χ1v) is 6.75. The summed E-state index contributed by atoms with van der Waals surface area (Å²) in [6.45, 7) is 6.61. The Labute approximate surface area is 128 Å². The normalized spacial score (nSPS) is 14.7. The second-order valence-electron chi connectivity index (χ2n) is 5.12. The van der Waals surface area contributed by atoms with E-state index in [9.17, 15) is 19.2 Å². The second-order valence-corrected chi connectivity index (χ2v) is 5.12. The Balaban J connectivity index is 2.21. The first-order chi connectivity index (χ1) is 10.4. The quantitative estimate of drug-likeness (QED) is 0.357. The van der Waals surface area contributed by atoms with Crippen LogP contribution in [0.2, 0.25) is 0 Å². The van der Waals surface area contributed by atoms with E-state index in [1.807, 2.05) is 13.0 Å². The lowest BCUT2D eigenvalue weighted by atomic mass is 10.0. The molecular formula is C16H16N2O4. The minimum Gasteiger partial charge on any atom is -0.292 e. The van der Waals surface area contributed by atoms with Crippen molar-refractivity contribution >= 4 is 23.6 Å². The highest BCUT2D eigenvalue weighted by molar-refractivity contribution is 6.45. The highest BCUT2D eigenvalue weighted by Gasteiger charge is 2.44. The molecule has 0 saturated carbocycles. The number of benzene rings is 1. The zero-order chi connectivity index (χ0) is 16.4. The van der Waals surface area contributed by atoms with Gasteiger partial charge in [-0.1, -0.05) is 29.8 Å². The molecule has 6 nitrogen and oxygen atoms in total. The van der Waals surface area contributed by atoms with Gasteiger partial charge < -0.3 is 0 Å². The molecule has 1 aliphatic rings. The standard InChI is InChI=1S/C16H16N2O4/c1-4-7-17-14(20)15(21)18(16(17)22)9-13(19)12-6-5-10(2)8-11(12)3/h4-6,8H,1,7,9H2,2-3H3. The molecule has 0 N–H and O–H groups in total. The van der Waals surface area contributed by atoms with Crippen LogP contribution in [0.1, 0.15) is 21.5 Å². The van der Waals surface area contributed by atoms with Gasteiger partial charge in [0.25, 0.3) is 0 Å². The highest BCUT2D eigenvalue weighted by atomic mass is 16.2. The van der Waals surface area contributed by atoms with Crippen molar-refractivity contribution in [1.29, 1.82) is 0 Å². The van der Waals surface area contributed by atoms with Crippen LogP contribution in [0.5, 0.6) is 0 Å². The van der Waals surface area contributed by atoms with Crippen molar-refractivity contribution in [3.05, 3.63) is 47.5 Å². The molecule has 2 rings (SSSR count). The summed E-state index contributed by atoms with van der Waals surface area (Å²) in [7, 11) is 0. The molecule has 0 radical (unpaired) electrons. The Morgan fingerprint density at radius 2 is 1.77 bits per heavy atom. The summed E-state index contributed by atoms with van der Waals surface area (Å²) in [5.41, 5.74) is 2.20. The maximum absolute atomic E-state index is 12.3. The number of rotatable bonds is 5. The number of carbonyl (C=O) groups is 4. The van der Waals surface area contributed by atoms with Gasteiger partial charge in [-0.3, -0.25) is 19.3 Å². The van der Waals surface area contributed by atoms with E-state index in [1.165, 1.54) is 6.08 Å². The fourth-order valence-electron chi connectivity index (χ4n) is 2.34. The number of amides is 4. The van der Waals surface area contributed by atoms with Gasteiger partial charge in [-0.15, -0.1) is 6.58 Å². The Hall–Kier alpha value is -2.76. The largest absolute Gasteiger partial charge is 0.334 e. The Bertz CT molecular complexity index is 693. The van der Waals surface area contributed by atoms with Gasteiger partial charge in [0.1, 0.15) is 0 Å². The number of hydrogen-bond donors (Lipinski definition) is 0. The molecule has 1 aromatic carbocycles. The lowest BCUT2D eigenvalue weighted by Crippen LogP contribution is -2.37. The predicted molar refractivity (Wildman–Crippen MR) is 79.3 cm³/mol. The van der Waals surface area contributed by atoms with E-state index in [0.717, 1.165) is 16.0 Å². The summed E-state index contributed by atoms with van der Waals surface area (Å²) < 4.78 is 0. The number of Topliss-reactive ketones (excluding diaryl/α,β-unsaturated/α-hetero) is 1. The fourth-order valence-corrected chi connectivity index (χ4v) is 2.34. The van der Waals surface area contributed by atoms with E-state index < -0.39 is 24.4 Å². The molecule has 0 bridgehead atoms. The van der Waals surface area contributed by atoms with Gasteiger partial charge in [0.15, 0.2) is 5.78 Å². The van der Waals surface area contributed by atoms with Crippen LogP contribution in [-0.4, -0.2) is 46.5 Å². The molecule has 1 aliphatic heterocycles. The summed E-state index contributed by atoms with van der Waals surface area (Å²) in [4.78, 5) is 49.3. The Kier molecular flexibility index (Phi) is 4.21. The molecule has 0 aliphatic carbocycles. The first kappa shape index (κ1) is 15.6. The van der Waals surface area contributed by atoms with Crippen LogP contribution in [0.4, 0.5) is 4.79 Å². The van der Waals surface area contributed by atoms with Gasteiger partial charge in [-0.25, -0.2) is 9.69 Å². The number of imide groups is 2. The summed E-state index contributed by atoms with van der Waals surface area (Å²) in [6.07, 6.45) is 1.35. The zero-order valence-corrected chi connectivity index (χ0v) is 12.5. The van der Waals surface area contributed by atoms with E-state index in [4.69, 9.17) is 0 Å². The van der Waals surface area contributed by atoms with E-state index in [-0.39, 0.29) is 12.3 Å². The minimum absolute atomic E-state index is 0.0579. The van der Waals surface area contributed by atoms with Gasteiger partial charge >= 0.3 is 17.8 Å². The van der Waals surface area contributed by atoms with Crippen molar-refractivity contribution in [2.75, 3.05) is 13.1 Å². The fraction of sp³-hybridized carbons (Fsp3) is 0.250. The van der Waals surface area contributed by atoms with Crippen molar-refractivity contribution in [3.63, 3.8) is 0 Å². The monoisotopic (exact) mass is 300 g/mol. The van der Waals surface area contributed by atoms with Crippen molar-refractivity contribution in [1.82, 2.24) is 9.80 Å². The van der Waals surface area contributed by atoms with E-state index in [2.05, 4.69) is 6.58 Å². The van der Waals surface area contributed by atoms with Gasteiger partial charge in [0, 0.05) is 12.1 Å². The van der Waals surface area contributed by atoms with Gasteiger partial charge in [0.05, 0.1) is 6.54 Å². The molecule has 22 heavy (non-hydrogen) atoms. The van der Waals surface area contributed by atoms with Crippen molar-refractivity contribution in [3.8, 4) is 0 Å². The third kappa shape index (κ3) is 2.67. The third-order valence-electron chi connectivity index (χ3n) is 3.43. The Morgan fingerprint density at radius 3 is 2.36 bits per heavy atom. The van der Waals surface area contributed by atoms with Crippen LogP contribution in [0.25, 0.3) is 0 Å². The van der Waals surface area contributed by atoms with Crippen molar-refractivity contribution < 1.29 is 19.2 Å². The molecule has 1 aromatic rings. The predicted octanol–water partition coefficient (Wildman–Crippen LogP) is 1.46. The average molecular weight is 300 g/mol. The lowest BCUT2D eigenvalue weighted by molar-refractivity contribution is -0.142. The maximum Gasteiger partial charge on any atom is 0.334 e. The van der Waals surface area contributed by atoms with Crippen LogP contribution in [0, 0.1) is 13.8 Å². The molecule has 1 fully saturated rings. The summed E-state index contributed by atoms with van der Waals surface area (Å²) >= 11 is 0. The number of hydrogen-bond acceptors (Lipinski definition) is 4. The highest BCUT2D eigenvalue weighted by Crippen LogP contribution is 2.16. The molecule has 6 heteroatoms. The number of urea groups is 1. The van der Waals surface area contributed by atoms with Gasteiger partial charge in [-0.2, -0.15) is 0 Å². The SMILES string of the molecule is C=CCN1C(=O)C(=O)N(CC(=O)c2ccc(C)cc2C)C1=O. The molecule has 1 heterocycles. The van der Waals surface area contributed by atoms with Crippen LogP contribution in [0.15, 0.2) is 30.9 Å². The molecule has 114 valence electrons. The molecular weight excluding hydrogens is 284 g/mol. The zero-order valence-electron chi connectivity index (χ0n) is 12.5. The van der Waals surface area contributed by atoms with E-state index in [1.54, 1.807) is 19.1 Å². The summed E-state index contributed by atoms with van der Waals surface area (Å²) in [6, 6.07) is 4.49. The lowest BCUT2D eigenvalue weighted by Gasteiger charge is -2.14. The van der Waals surface area contributed by atoms with Crippen LogP contribution in [0.3, 0.4) is 0 Å². The van der Waals surface area contributed by atoms with Crippen molar-refractivity contribution in [2.24, 2.45) is 0 Å². The molecule has 0 aromatic heterocycles. The molecule has 0 unspecified atom stereocenters.